The van der Waals surface area contributed by atoms with Crippen molar-refractivity contribution in [1.82, 2.24) is 19.7 Å². The molecule has 4 aromatic rings. The molecule has 10 nitrogen and oxygen atoms in total. The molecule has 0 bridgehead atoms. The molecule has 5 rings (SSSR count). The Hall–Kier alpha value is -3.75. The number of aryl methyl sites for hydroxylation is 1. The largest absolute Gasteiger partial charge is 0.458 e. The zero-order chi connectivity index (χ0) is 26.4. The summed E-state index contributed by atoms with van der Waals surface area (Å²) in [5.74, 6) is -0.0418. The molecule has 1 aromatic carbocycles. The predicted molar refractivity (Wildman–Crippen MR) is 141 cm³/mol. The number of hydrogen-bond donors (Lipinski definition) is 2. The molecule has 1 saturated heterocycles. The van der Waals surface area contributed by atoms with Crippen LogP contribution in [0.5, 0.6) is 0 Å². The van der Waals surface area contributed by atoms with Crippen LogP contribution in [0, 0.1) is 18.3 Å². The number of aromatic amines is 1. The highest BCUT2D eigenvalue weighted by Gasteiger charge is 2.43. The van der Waals surface area contributed by atoms with Crippen LogP contribution in [0.4, 0.5) is 11.5 Å². The van der Waals surface area contributed by atoms with E-state index in [4.69, 9.17) is 14.6 Å². The molecule has 2 N–H and O–H groups in total. The summed E-state index contributed by atoms with van der Waals surface area (Å²) in [6.45, 7) is 7.47. The molecular weight excluding hydrogens is 492 g/mol. The topological polar surface area (TPSA) is 135 Å². The maximum Gasteiger partial charge on any atom is 0.335 e. The number of esters is 1. The Morgan fingerprint density at radius 2 is 2.22 bits per heavy atom. The van der Waals surface area contributed by atoms with Gasteiger partial charge in [0.2, 0.25) is 0 Å². The fourth-order valence-electron chi connectivity index (χ4n) is 4.67. The Balaban J connectivity index is 1.51. The second-order valence-electron chi connectivity index (χ2n) is 10.3. The van der Waals surface area contributed by atoms with Crippen LogP contribution in [0.25, 0.3) is 21.1 Å². The monoisotopic (exact) mass is 520 g/mol. The van der Waals surface area contributed by atoms with Crippen LogP contribution in [0.1, 0.15) is 45.0 Å². The van der Waals surface area contributed by atoms with Gasteiger partial charge in [-0.3, -0.25) is 9.48 Å². The molecule has 1 fully saturated rings. The fraction of sp³-hybridized carbons (Fsp3) is 0.423. The number of H-pyrrole nitrogens is 1. The lowest BCUT2D eigenvalue weighted by Crippen LogP contribution is -2.47. The van der Waals surface area contributed by atoms with Crippen molar-refractivity contribution in [3.05, 3.63) is 45.8 Å². The zero-order valence-corrected chi connectivity index (χ0v) is 21.9. The predicted octanol–water partition coefficient (Wildman–Crippen LogP) is 4.52. The molecule has 1 aliphatic rings. The first-order valence-electron chi connectivity index (χ1n) is 12.1. The minimum Gasteiger partial charge on any atom is -0.458 e. The number of hydrogen-bond acceptors (Lipinski definition) is 9. The van der Waals surface area contributed by atoms with Crippen LogP contribution in [-0.4, -0.2) is 44.0 Å². The number of aromatic nitrogens is 4. The number of fused-ring (bicyclic) bond motifs is 2. The number of pyridine rings is 1. The number of nitrogens with one attached hydrogen (secondary N) is 2. The molecule has 0 aliphatic carbocycles. The van der Waals surface area contributed by atoms with Gasteiger partial charge in [0.15, 0.2) is 11.9 Å². The molecule has 11 heteroatoms. The molecule has 192 valence electrons. The van der Waals surface area contributed by atoms with Crippen molar-refractivity contribution in [3.8, 4) is 6.07 Å². The van der Waals surface area contributed by atoms with Crippen molar-refractivity contribution in [2.45, 2.75) is 64.2 Å². The zero-order valence-electron chi connectivity index (χ0n) is 21.1. The molecular formula is C26H28N6O4S. The van der Waals surface area contributed by atoms with Crippen LogP contribution in [0.2, 0.25) is 0 Å². The van der Waals surface area contributed by atoms with Crippen molar-refractivity contribution in [3.63, 3.8) is 0 Å². The first kappa shape index (κ1) is 24.9. The molecule has 0 saturated carbocycles. The molecule has 3 aromatic heterocycles. The fourth-order valence-corrected chi connectivity index (χ4v) is 5.54. The highest BCUT2D eigenvalue weighted by Crippen LogP contribution is 2.38. The summed E-state index contributed by atoms with van der Waals surface area (Å²) in [7, 11) is 0. The number of carbonyl (C=O) groups is 1. The number of thiazole rings is 1. The Bertz CT molecular complexity index is 1580. The average molecular weight is 521 g/mol. The molecule has 1 aliphatic heterocycles. The number of nitriles is 1. The van der Waals surface area contributed by atoms with E-state index in [2.05, 4.69) is 21.4 Å². The average Bonchev–Trinajstić information content (AvgIpc) is 3.39. The standard InChI is InChI=1S/C26H28N6O4S/c1-15-29-17-6-5-16(13-20(17)37-15)30-22-21-18(8-12-28-23(21)33)32(31-22)26(10-11-27)9-7-19(35-14-26)24(34)36-25(2,3)4/h5-6,8,12-13,19H,7,9-10,14H2,1-4H3,(H,28,33)(H,30,31). The van der Waals surface area contributed by atoms with E-state index < -0.39 is 23.2 Å². The van der Waals surface area contributed by atoms with E-state index in [1.807, 2.05) is 45.9 Å². The Morgan fingerprint density at radius 1 is 1.41 bits per heavy atom. The number of rotatable bonds is 5. The van der Waals surface area contributed by atoms with E-state index in [0.29, 0.717) is 29.6 Å². The summed E-state index contributed by atoms with van der Waals surface area (Å²) < 4.78 is 14.2. The Morgan fingerprint density at radius 3 is 2.92 bits per heavy atom. The Labute approximate surface area is 217 Å². The summed E-state index contributed by atoms with van der Waals surface area (Å²) in [6, 6.07) is 9.81. The number of nitrogens with zero attached hydrogens (tertiary/aromatic N) is 4. The normalized spacial score (nSPS) is 20.1. The van der Waals surface area contributed by atoms with Crippen LogP contribution in [0.15, 0.2) is 35.3 Å². The molecule has 37 heavy (non-hydrogen) atoms. The number of carbonyl (C=O) groups excluding carboxylic acids is 1. The third kappa shape index (κ3) is 4.82. The lowest BCUT2D eigenvalue weighted by atomic mass is 9.87. The van der Waals surface area contributed by atoms with E-state index >= 15 is 0 Å². The lowest BCUT2D eigenvalue weighted by Gasteiger charge is -2.39. The maximum atomic E-state index is 12.9. The second kappa shape index (κ2) is 9.28. The first-order valence-corrected chi connectivity index (χ1v) is 12.9. The van der Waals surface area contributed by atoms with E-state index in [-0.39, 0.29) is 18.6 Å². The van der Waals surface area contributed by atoms with Crippen LogP contribution in [0.3, 0.4) is 0 Å². The van der Waals surface area contributed by atoms with Gasteiger partial charge in [0.1, 0.15) is 11.0 Å². The summed E-state index contributed by atoms with van der Waals surface area (Å²) >= 11 is 1.59. The van der Waals surface area contributed by atoms with Crippen LogP contribution in [-0.2, 0) is 19.8 Å². The minimum absolute atomic E-state index is 0.0829. The number of benzene rings is 1. The van der Waals surface area contributed by atoms with Crippen molar-refractivity contribution in [2.24, 2.45) is 0 Å². The molecule has 0 radical (unpaired) electrons. The quantitative estimate of drug-likeness (QED) is 0.367. The summed E-state index contributed by atoms with van der Waals surface area (Å²) in [4.78, 5) is 32.7. The van der Waals surface area contributed by atoms with E-state index in [1.54, 1.807) is 28.3 Å². The SMILES string of the molecule is Cc1nc2ccc(Nc3nn(C4(CC#N)CCC(C(=O)OC(C)(C)C)OC4)c4cc[nH]c(=O)c34)cc2s1. The smallest absolute Gasteiger partial charge is 0.335 e. The van der Waals surface area contributed by atoms with Gasteiger partial charge >= 0.3 is 5.97 Å². The molecule has 2 atom stereocenters. The van der Waals surface area contributed by atoms with Gasteiger partial charge in [0.05, 0.1) is 45.4 Å². The van der Waals surface area contributed by atoms with Gasteiger partial charge in [0.25, 0.3) is 5.56 Å². The van der Waals surface area contributed by atoms with Gasteiger partial charge in [-0.05, 0) is 64.8 Å². The van der Waals surface area contributed by atoms with Gasteiger partial charge in [-0.1, -0.05) is 0 Å². The second-order valence-corrected chi connectivity index (χ2v) is 11.5. The van der Waals surface area contributed by atoms with Gasteiger partial charge in [0, 0.05) is 11.9 Å². The summed E-state index contributed by atoms with van der Waals surface area (Å²) in [6.07, 6.45) is 1.77. The van der Waals surface area contributed by atoms with Crippen LogP contribution >= 0.6 is 11.3 Å². The number of ether oxygens (including phenoxy) is 2. The van der Waals surface area contributed by atoms with Crippen LogP contribution < -0.4 is 10.9 Å². The van der Waals surface area contributed by atoms with Gasteiger partial charge in [-0.2, -0.15) is 10.4 Å². The van der Waals surface area contributed by atoms with Crippen molar-refractivity contribution >= 4 is 49.9 Å². The lowest BCUT2D eigenvalue weighted by molar-refractivity contribution is -0.176. The van der Waals surface area contributed by atoms with Gasteiger partial charge < -0.3 is 19.8 Å². The Kier molecular flexibility index (Phi) is 6.25. The first-order chi connectivity index (χ1) is 17.6. The summed E-state index contributed by atoms with van der Waals surface area (Å²) in [5, 5.41) is 19.2. The number of anilines is 2. The molecule has 0 spiro atoms. The third-order valence-electron chi connectivity index (χ3n) is 6.31. The summed E-state index contributed by atoms with van der Waals surface area (Å²) in [5.41, 5.74) is 0.491. The molecule has 0 amide bonds. The van der Waals surface area contributed by atoms with Gasteiger partial charge in [-0.25, -0.2) is 9.78 Å². The molecule has 4 heterocycles. The van der Waals surface area contributed by atoms with Crippen molar-refractivity contribution in [2.75, 3.05) is 11.9 Å². The third-order valence-corrected chi connectivity index (χ3v) is 7.25. The van der Waals surface area contributed by atoms with Crippen molar-refractivity contribution in [1.29, 1.82) is 5.26 Å². The highest BCUT2D eigenvalue weighted by atomic mass is 32.1. The maximum absolute atomic E-state index is 12.9. The van der Waals surface area contributed by atoms with Crippen molar-refractivity contribution < 1.29 is 14.3 Å². The van der Waals surface area contributed by atoms with E-state index in [1.165, 1.54) is 0 Å². The molecule has 2 unspecified atom stereocenters. The minimum atomic E-state index is -0.849. The highest BCUT2D eigenvalue weighted by molar-refractivity contribution is 7.18. The van der Waals surface area contributed by atoms with E-state index in [9.17, 15) is 14.9 Å². The van der Waals surface area contributed by atoms with Gasteiger partial charge in [-0.15, -0.1) is 11.3 Å². The van der Waals surface area contributed by atoms with E-state index in [0.717, 1.165) is 20.9 Å².